The molecule has 112 valence electrons. The number of aryl methyl sites for hydroxylation is 1. The van der Waals surface area contributed by atoms with Crippen molar-refractivity contribution in [3.8, 4) is 17.2 Å². The summed E-state index contributed by atoms with van der Waals surface area (Å²) in [6, 6.07) is 11.0. The van der Waals surface area contributed by atoms with Gasteiger partial charge in [0.2, 0.25) is 0 Å². The maximum Gasteiger partial charge on any atom is 0.122 e. The van der Waals surface area contributed by atoms with Crippen molar-refractivity contribution in [2.24, 2.45) is 0 Å². The van der Waals surface area contributed by atoms with Gasteiger partial charge < -0.3 is 19.3 Å². The number of rotatable bonds is 5. The van der Waals surface area contributed by atoms with Gasteiger partial charge >= 0.3 is 0 Å². The van der Waals surface area contributed by atoms with E-state index >= 15 is 0 Å². The van der Waals surface area contributed by atoms with E-state index < -0.39 is 6.10 Å². The Bertz CT molecular complexity index is 600. The first-order valence-electron chi connectivity index (χ1n) is 6.64. The van der Waals surface area contributed by atoms with Crippen LogP contribution in [-0.2, 0) is 0 Å². The van der Waals surface area contributed by atoms with Gasteiger partial charge in [0.1, 0.15) is 23.4 Å². The zero-order valence-corrected chi connectivity index (χ0v) is 12.7. The summed E-state index contributed by atoms with van der Waals surface area (Å²) in [7, 11) is 4.80. The van der Waals surface area contributed by atoms with Crippen LogP contribution in [0.4, 0.5) is 0 Å². The lowest BCUT2D eigenvalue weighted by Gasteiger charge is -2.17. The smallest absolute Gasteiger partial charge is 0.122 e. The Morgan fingerprint density at radius 2 is 1.38 bits per heavy atom. The van der Waals surface area contributed by atoms with E-state index in [2.05, 4.69) is 0 Å². The molecule has 1 atom stereocenters. The average Bonchev–Trinajstić information content (AvgIpc) is 2.53. The fourth-order valence-corrected chi connectivity index (χ4v) is 2.25. The minimum absolute atomic E-state index is 0.648. The Labute approximate surface area is 124 Å². The summed E-state index contributed by atoms with van der Waals surface area (Å²) in [5, 5.41) is 10.6. The normalized spacial score (nSPS) is 11.9. The second-order valence-corrected chi connectivity index (χ2v) is 4.77. The van der Waals surface area contributed by atoms with Crippen molar-refractivity contribution < 1.29 is 19.3 Å². The molecule has 0 fully saturated rings. The van der Waals surface area contributed by atoms with Crippen molar-refractivity contribution in [2.75, 3.05) is 21.3 Å². The molecule has 0 aromatic heterocycles. The topological polar surface area (TPSA) is 47.9 Å². The van der Waals surface area contributed by atoms with Gasteiger partial charge in [0.25, 0.3) is 0 Å². The standard InChI is InChI=1S/C17H20O4/c1-11-7-13(19-2)5-6-16(11)17(18)12-8-14(20-3)10-15(9-12)21-4/h5-10,17-18H,1-4H3. The molecule has 0 saturated heterocycles. The number of benzene rings is 2. The summed E-state index contributed by atoms with van der Waals surface area (Å²) < 4.78 is 15.7. The Hall–Kier alpha value is -2.20. The molecule has 4 nitrogen and oxygen atoms in total. The molecule has 2 aromatic carbocycles. The maximum atomic E-state index is 10.6. The molecular formula is C17H20O4. The fourth-order valence-electron chi connectivity index (χ4n) is 2.25. The molecule has 2 rings (SSSR count). The molecule has 0 heterocycles. The zero-order valence-electron chi connectivity index (χ0n) is 12.7. The summed E-state index contributed by atoms with van der Waals surface area (Å²) >= 11 is 0. The summed E-state index contributed by atoms with van der Waals surface area (Å²) in [6.07, 6.45) is -0.750. The van der Waals surface area contributed by atoms with E-state index in [0.29, 0.717) is 11.5 Å². The van der Waals surface area contributed by atoms with Crippen molar-refractivity contribution >= 4 is 0 Å². The SMILES string of the molecule is COc1cc(OC)cc(C(O)c2ccc(OC)cc2C)c1. The second kappa shape index (κ2) is 6.50. The van der Waals surface area contributed by atoms with Crippen molar-refractivity contribution in [2.45, 2.75) is 13.0 Å². The molecule has 0 saturated carbocycles. The number of aliphatic hydroxyl groups excluding tert-OH is 1. The quantitative estimate of drug-likeness (QED) is 0.918. The highest BCUT2D eigenvalue weighted by Crippen LogP contribution is 2.32. The van der Waals surface area contributed by atoms with E-state index in [0.717, 1.165) is 22.4 Å². The third-order valence-corrected chi connectivity index (χ3v) is 3.46. The van der Waals surface area contributed by atoms with Crippen LogP contribution in [0.15, 0.2) is 36.4 Å². The van der Waals surface area contributed by atoms with Gasteiger partial charge in [-0.15, -0.1) is 0 Å². The summed E-state index contributed by atoms with van der Waals surface area (Å²) in [4.78, 5) is 0. The Balaban J connectivity index is 2.41. The minimum Gasteiger partial charge on any atom is -0.497 e. The van der Waals surface area contributed by atoms with Gasteiger partial charge in [-0.2, -0.15) is 0 Å². The molecule has 0 radical (unpaired) electrons. The fraction of sp³-hybridized carbons (Fsp3) is 0.294. The zero-order chi connectivity index (χ0) is 15.4. The van der Waals surface area contributed by atoms with Crippen LogP contribution < -0.4 is 14.2 Å². The van der Waals surface area contributed by atoms with Crippen LogP contribution in [0.1, 0.15) is 22.8 Å². The van der Waals surface area contributed by atoms with Crippen LogP contribution in [0.5, 0.6) is 17.2 Å². The van der Waals surface area contributed by atoms with Gasteiger partial charge in [0.05, 0.1) is 21.3 Å². The first-order valence-corrected chi connectivity index (χ1v) is 6.64. The average molecular weight is 288 g/mol. The molecule has 4 heteroatoms. The van der Waals surface area contributed by atoms with Crippen molar-refractivity contribution in [3.63, 3.8) is 0 Å². The largest absolute Gasteiger partial charge is 0.497 e. The van der Waals surface area contributed by atoms with E-state index in [-0.39, 0.29) is 0 Å². The van der Waals surface area contributed by atoms with E-state index in [9.17, 15) is 5.11 Å². The van der Waals surface area contributed by atoms with Crippen LogP contribution in [0.2, 0.25) is 0 Å². The number of hydrogen-bond donors (Lipinski definition) is 1. The van der Waals surface area contributed by atoms with E-state index in [4.69, 9.17) is 14.2 Å². The van der Waals surface area contributed by atoms with Gasteiger partial charge in [-0.3, -0.25) is 0 Å². The van der Waals surface area contributed by atoms with Crippen LogP contribution in [0.3, 0.4) is 0 Å². The van der Waals surface area contributed by atoms with Gasteiger partial charge in [-0.1, -0.05) is 6.07 Å². The number of ether oxygens (including phenoxy) is 3. The molecule has 1 unspecified atom stereocenters. The molecule has 1 N–H and O–H groups in total. The molecule has 0 spiro atoms. The molecule has 0 aliphatic heterocycles. The number of hydrogen-bond acceptors (Lipinski definition) is 4. The van der Waals surface area contributed by atoms with Gasteiger partial charge in [0, 0.05) is 6.07 Å². The summed E-state index contributed by atoms with van der Waals surface area (Å²) in [6.45, 7) is 1.94. The lowest BCUT2D eigenvalue weighted by Crippen LogP contribution is -2.03. The molecule has 0 aliphatic carbocycles. The molecular weight excluding hydrogens is 268 g/mol. The molecule has 2 aromatic rings. The highest BCUT2D eigenvalue weighted by molar-refractivity contribution is 5.45. The molecule has 21 heavy (non-hydrogen) atoms. The van der Waals surface area contributed by atoms with Gasteiger partial charge in [-0.05, 0) is 47.9 Å². The molecule has 0 aliphatic rings. The van der Waals surface area contributed by atoms with Crippen LogP contribution >= 0.6 is 0 Å². The Morgan fingerprint density at radius 1 is 0.810 bits per heavy atom. The molecule has 0 bridgehead atoms. The van der Waals surface area contributed by atoms with E-state index in [1.54, 1.807) is 39.5 Å². The van der Waals surface area contributed by atoms with Gasteiger partial charge in [0.15, 0.2) is 0 Å². The Kier molecular flexibility index (Phi) is 4.70. The predicted octanol–water partition coefficient (Wildman–Crippen LogP) is 3.10. The number of aliphatic hydroxyl groups is 1. The summed E-state index contributed by atoms with van der Waals surface area (Å²) in [5.41, 5.74) is 2.51. The number of methoxy groups -OCH3 is 3. The van der Waals surface area contributed by atoms with Gasteiger partial charge in [-0.25, -0.2) is 0 Å². The monoisotopic (exact) mass is 288 g/mol. The highest BCUT2D eigenvalue weighted by atomic mass is 16.5. The van der Waals surface area contributed by atoms with Crippen LogP contribution in [0.25, 0.3) is 0 Å². The lowest BCUT2D eigenvalue weighted by molar-refractivity contribution is 0.218. The van der Waals surface area contributed by atoms with Crippen LogP contribution in [0, 0.1) is 6.92 Å². The Morgan fingerprint density at radius 3 is 1.86 bits per heavy atom. The minimum atomic E-state index is -0.750. The van der Waals surface area contributed by atoms with E-state index in [1.807, 2.05) is 25.1 Å². The first-order chi connectivity index (χ1) is 10.1. The van der Waals surface area contributed by atoms with Crippen molar-refractivity contribution in [3.05, 3.63) is 53.1 Å². The lowest BCUT2D eigenvalue weighted by atomic mass is 9.97. The highest BCUT2D eigenvalue weighted by Gasteiger charge is 2.15. The van der Waals surface area contributed by atoms with Crippen molar-refractivity contribution in [1.82, 2.24) is 0 Å². The third kappa shape index (κ3) is 3.28. The first kappa shape index (κ1) is 15.2. The van der Waals surface area contributed by atoms with Crippen molar-refractivity contribution in [1.29, 1.82) is 0 Å². The van der Waals surface area contributed by atoms with Crippen LogP contribution in [-0.4, -0.2) is 26.4 Å². The molecule has 0 amide bonds. The third-order valence-electron chi connectivity index (χ3n) is 3.46. The summed E-state index contributed by atoms with van der Waals surface area (Å²) in [5.74, 6) is 2.07. The predicted molar refractivity (Wildman–Crippen MR) is 81.3 cm³/mol. The van der Waals surface area contributed by atoms with E-state index in [1.165, 1.54) is 0 Å². The maximum absolute atomic E-state index is 10.6. The second-order valence-electron chi connectivity index (χ2n) is 4.77.